The molecule has 0 saturated heterocycles. The Morgan fingerprint density at radius 3 is 2.23 bits per heavy atom. The van der Waals surface area contributed by atoms with E-state index in [-0.39, 0.29) is 6.04 Å². The van der Waals surface area contributed by atoms with Crippen molar-refractivity contribution in [3.05, 3.63) is 0 Å². The Bertz CT molecular complexity index is 409. The lowest BCUT2D eigenvalue weighted by atomic mass is 10.1. The number of carbonyl (C=O) groups is 1. The van der Waals surface area contributed by atoms with E-state index in [0.29, 0.717) is 39.4 Å². The van der Waals surface area contributed by atoms with E-state index < -0.39 is 17.9 Å². The van der Waals surface area contributed by atoms with E-state index in [0.717, 1.165) is 45.3 Å². The van der Waals surface area contributed by atoms with Crippen LogP contribution in [0.2, 0.25) is 0 Å². The topological polar surface area (TPSA) is 156 Å². The van der Waals surface area contributed by atoms with E-state index in [1.54, 1.807) is 0 Å². The summed E-state index contributed by atoms with van der Waals surface area (Å²) in [6, 6.07) is -0.0540. The smallest absolute Gasteiger partial charge is 0.407 e. The van der Waals surface area contributed by atoms with Crippen LogP contribution >= 0.6 is 0 Å². The number of carbonyl (C=O) groups excluding carboxylic acids is 1. The largest absolute Gasteiger partial charge is 0.444 e. The van der Waals surface area contributed by atoms with Crippen molar-refractivity contribution in [2.24, 2.45) is 11.5 Å². The van der Waals surface area contributed by atoms with Crippen LogP contribution < -0.4 is 32.7 Å². The summed E-state index contributed by atoms with van der Waals surface area (Å²) in [5.74, 6) is 0. The highest BCUT2D eigenvalue weighted by Crippen LogP contribution is 2.06. The summed E-state index contributed by atoms with van der Waals surface area (Å²) in [7, 11) is 0. The zero-order valence-corrected chi connectivity index (χ0v) is 19.2. The van der Waals surface area contributed by atoms with Gasteiger partial charge in [-0.15, -0.1) is 0 Å². The Labute approximate surface area is 182 Å². The van der Waals surface area contributed by atoms with Crippen molar-refractivity contribution in [1.82, 2.24) is 21.3 Å². The molecule has 0 heterocycles. The molecule has 0 aromatic carbocycles. The molecule has 9 N–H and O–H groups in total. The lowest BCUT2D eigenvalue weighted by Gasteiger charge is -2.25. The van der Waals surface area contributed by atoms with Crippen molar-refractivity contribution in [3.63, 3.8) is 0 Å². The number of rotatable bonds is 19. The second-order valence-corrected chi connectivity index (χ2v) is 8.18. The molecule has 0 aliphatic heterocycles. The predicted octanol–water partition coefficient (Wildman–Crippen LogP) is -0.539. The van der Waals surface area contributed by atoms with Crippen molar-refractivity contribution in [3.8, 4) is 0 Å². The molecule has 0 fully saturated rings. The molecule has 0 aromatic rings. The van der Waals surface area contributed by atoms with Gasteiger partial charge in [0.15, 0.2) is 0 Å². The van der Waals surface area contributed by atoms with Crippen molar-refractivity contribution >= 4 is 6.09 Å². The molecular weight excluding hydrogens is 388 g/mol. The molecule has 10 nitrogen and oxygen atoms in total. The third-order valence-corrected chi connectivity index (χ3v) is 4.11. The molecule has 0 rings (SSSR count). The van der Waals surface area contributed by atoms with Crippen LogP contribution in [-0.2, 0) is 9.47 Å². The normalized spacial score (nSPS) is 13.8. The van der Waals surface area contributed by atoms with E-state index >= 15 is 0 Å². The third kappa shape index (κ3) is 19.0. The van der Waals surface area contributed by atoms with Gasteiger partial charge in [0.2, 0.25) is 0 Å². The monoisotopic (exact) mass is 434 g/mol. The van der Waals surface area contributed by atoms with Crippen LogP contribution in [-0.4, -0.2) is 88.1 Å². The van der Waals surface area contributed by atoms with Gasteiger partial charge in [-0.3, -0.25) is 5.32 Å². The number of aliphatic hydroxyl groups is 1. The maximum atomic E-state index is 11.5. The molecular formula is C20H46N6O4. The van der Waals surface area contributed by atoms with E-state index in [2.05, 4.69) is 21.3 Å². The van der Waals surface area contributed by atoms with Gasteiger partial charge in [0, 0.05) is 19.1 Å². The lowest BCUT2D eigenvalue weighted by Crippen LogP contribution is -2.49. The van der Waals surface area contributed by atoms with Gasteiger partial charge in [0.25, 0.3) is 0 Å². The van der Waals surface area contributed by atoms with Gasteiger partial charge in [0.05, 0.1) is 13.2 Å². The number of hydrogen-bond donors (Lipinski definition) is 7. The zero-order chi connectivity index (χ0) is 22.7. The number of ether oxygens (including phenoxy) is 2. The second kappa shape index (κ2) is 18.7. The standard InChI is InChI=1S/C20H46N6O4/c1-20(2,3)30-19(28)26-14-16-29-15-13-25-18(27)17(24-12-6-9-22)7-4-10-23-11-5-8-21/h17-18,23-25,27H,4-16,21-22H2,1-3H3,(H,26,28). The summed E-state index contributed by atoms with van der Waals surface area (Å²) in [5.41, 5.74) is 10.5. The maximum absolute atomic E-state index is 11.5. The van der Waals surface area contributed by atoms with Gasteiger partial charge in [-0.05, 0) is 79.2 Å². The summed E-state index contributed by atoms with van der Waals surface area (Å²) >= 11 is 0. The number of nitrogens with one attached hydrogen (secondary N) is 4. The number of alkyl carbamates (subject to hydrolysis) is 1. The first-order chi connectivity index (χ1) is 14.3. The Kier molecular flexibility index (Phi) is 18.1. The highest BCUT2D eigenvalue weighted by atomic mass is 16.6. The maximum Gasteiger partial charge on any atom is 0.407 e. The second-order valence-electron chi connectivity index (χ2n) is 8.18. The zero-order valence-electron chi connectivity index (χ0n) is 19.2. The van der Waals surface area contributed by atoms with Crippen LogP contribution in [0.1, 0.15) is 46.5 Å². The fraction of sp³-hybridized carbons (Fsp3) is 0.950. The third-order valence-electron chi connectivity index (χ3n) is 4.11. The number of nitrogens with two attached hydrogens (primary N) is 2. The van der Waals surface area contributed by atoms with Crippen molar-refractivity contribution in [2.75, 3.05) is 59.0 Å². The van der Waals surface area contributed by atoms with Gasteiger partial charge >= 0.3 is 6.09 Å². The molecule has 10 heteroatoms. The highest BCUT2D eigenvalue weighted by molar-refractivity contribution is 5.67. The minimum Gasteiger partial charge on any atom is -0.444 e. The van der Waals surface area contributed by atoms with E-state index in [4.69, 9.17) is 20.9 Å². The van der Waals surface area contributed by atoms with E-state index in [9.17, 15) is 9.90 Å². The summed E-state index contributed by atoms with van der Waals surface area (Å²) < 4.78 is 10.6. The first kappa shape index (κ1) is 29.0. The Balaban J connectivity index is 3.93. The molecule has 180 valence electrons. The summed E-state index contributed by atoms with van der Waals surface area (Å²) in [4.78, 5) is 11.5. The van der Waals surface area contributed by atoms with Crippen molar-refractivity contribution in [1.29, 1.82) is 0 Å². The Hall–Kier alpha value is -1.01. The average Bonchev–Trinajstić information content (AvgIpc) is 2.67. The summed E-state index contributed by atoms with van der Waals surface area (Å²) in [6.07, 6.45) is 2.51. The van der Waals surface area contributed by atoms with Crippen LogP contribution in [0.5, 0.6) is 0 Å². The minimum atomic E-state index is -0.671. The molecule has 0 bridgehead atoms. The molecule has 0 aliphatic rings. The minimum absolute atomic E-state index is 0.0540. The molecule has 0 aliphatic carbocycles. The van der Waals surface area contributed by atoms with Gasteiger partial charge in [-0.2, -0.15) is 0 Å². The Morgan fingerprint density at radius 2 is 1.57 bits per heavy atom. The summed E-state index contributed by atoms with van der Waals surface area (Å²) in [5, 5.41) is 22.9. The first-order valence-corrected chi connectivity index (χ1v) is 11.1. The predicted molar refractivity (Wildman–Crippen MR) is 120 cm³/mol. The van der Waals surface area contributed by atoms with Crippen LogP contribution in [0.25, 0.3) is 0 Å². The van der Waals surface area contributed by atoms with Crippen LogP contribution in [0.4, 0.5) is 4.79 Å². The van der Waals surface area contributed by atoms with E-state index in [1.807, 2.05) is 20.8 Å². The highest BCUT2D eigenvalue weighted by Gasteiger charge is 2.17. The van der Waals surface area contributed by atoms with Crippen LogP contribution in [0.3, 0.4) is 0 Å². The number of aliphatic hydroxyl groups excluding tert-OH is 1. The van der Waals surface area contributed by atoms with Crippen molar-refractivity contribution in [2.45, 2.75) is 64.3 Å². The quantitative estimate of drug-likeness (QED) is 0.105. The van der Waals surface area contributed by atoms with Crippen LogP contribution in [0, 0.1) is 0 Å². The molecule has 2 atom stereocenters. The molecule has 2 unspecified atom stereocenters. The van der Waals surface area contributed by atoms with Crippen LogP contribution in [0.15, 0.2) is 0 Å². The number of hydrogen-bond acceptors (Lipinski definition) is 9. The first-order valence-electron chi connectivity index (χ1n) is 11.1. The van der Waals surface area contributed by atoms with E-state index in [1.165, 1.54) is 0 Å². The Morgan fingerprint density at radius 1 is 0.933 bits per heavy atom. The molecule has 0 saturated carbocycles. The SMILES string of the molecule is CC(C)(C)OC(=O)NCCOCCNC(O)C(CCCNCCCN)NCCCN. The van der Waals surface area contributed by atoms with Crippen molar-refractivity contribution < 1.29 is 19.4 Å². The average molecular weight is 435 g/mol. The molecule has 1 amide bonds. The summed E-state index contributed by atoms with van der Waals surface area (Å²) in [6.45, 7) is 11.0. The van der Waals surface area contributed by atoms with Gasteiger partial charge < -0.3 is 42.0 Å². The van der Waals surface area contributed by atoms with Gasteiger partial charge in [-0.25, -0.2) is 4.79 Å². The molecule has 0 spiro atoms. The van der Waals surface area contributed by atoms with Gasteiger partial charge in [0.1, 0.15) is 11.8 Å². The van der Waals surface area contributed by atoms with Gasteiger partial charge in [-0.1, -0.05) is 0 Å². The fourth-order valence-corrected chi connectivity index (χ4v) is 2.62. The molecule has 30 heavy (non-hydrogen) atoms. The number of amides is 1. The fourth-order valence-electron chi connectivity index (χ4n) is 2.62. The molecule has 0 radical (unpaired) electrons. The molecule has 0 aromatic heterocycles. The lowest BCUT2D eigenvalue weighted by molar-refractivity contribution is 0.0488.